The van der Waals surface area contributed by atoms with Crippen molar-refractivity contribution in [1.82, 2.24) is 4.90 Å². The van der Waals surface area contributed by atoms with Crippen LogP contribution in [0.5, 0.6) is 0 Å². The van der Waals surface area contributed by atoms with Gasteiger partial charge in [0.2, 0.25) is 0 Å². The van der Waals surface area contributed by atoms with Gasteiger partial charge in [-0.2, -0.15) is 0 Å². The smallest absolute Gasteiger partial charge is 0.00561 e. The van der Waals surface area contributed by atoms with E-state index in [4.69, 9.17) is 0 Å². The number of benzene rings is 1. The third-order valence-electron chi connectivity index (χ3n) is 3.60. The first-order valence-electron chi connectivity index (χ1n) is 5.97. The van der Waals surface area contributed by atoms with Crippen LogP contribution in [-0.4, -0.2) is 24.0 Å². The standard InChI is InChI=1S/C14H21N/c1-11(2)15-9-12(3)14(10-15)13-7-5-4-6-8-13/h4-8,11-12,14H,9-10H2,1-3H3. The van der Waals surface area contributed by atoms with Crippen LogP contribution in [0.15, 0.2) is 30.3 Å². The van der Waals surface area contributed by atoms with Gasteiger partial charge in [-0.3, -0.25) is 0 Å². The van der Waals surface area contributed by atoms with E-state index in [0.717, 1.165) is 11.8 Å². The number of hydrogen-bond acceptors (Lipinski definition) is 1. The predicted molar refractivity (Wildman–Crippen MR) is 65.1 cm³/mol. The zero-order chi connectivity index (χ0) is 10.8. The van der Waals surface area contributed by atoms with E-state index < -0.39 is 0 Å². The molecule has 0 aliphatic carbocycles. The van der Waals surface area contributed by atoms with E-state index in [1.165, 1.54) is 18.7 Å². The van der Waals surface area contributed by atoms with Gasteiger partial charge in [-0.15, -0.1) is 0 Å². The first kappa shape index (κ1) is 10.7. The molecule has 0 N–H and O–H groups in total. The summed E-state index contributed by atoms with van der Waals surface area (Å²) in [6.45, 7) is 9.43. The molecule has 1 fully saturated rings. The van der Waals surface area contributed by atoms with Crippen molar-refractivity contribution in [2.24, 2.45) is 5.92 Å². The SMILES string of the molecule is CC1CN(C(C)C)CC1c1ccccc1. The molecule has 2 rings (SSSR count). The lowest BCUT2D eigenvalue weighted by molar-refractivity contribution is 0.266. The number of nitrogens with zero attached hydrogens (tertiary/aromatic N) is 1. The van der Waals surface area contributed by atoms with Gasteiger partial charge in [-0.25, -0.2) is 0 Å². The van der Waals surface area contributed by atoms with Gasteiger partial charge in [-0.05, 0) is 25.3 Å². The van der Waals surface area contributed by atoms with E-state index >= 15 is 0 Å². The van der Waals surface area contributed by atoms with Crippen LogP contribution in [0.2, 0.25) is 0 Å². The van der Waals surface area contributed by atoms with Crippen molar-refractivity contribution in [2.75, 3.05) is 13.1 Å². The number of hydrogen-bond donors (Lipinski definition) is 0. The van der Waals surface area contributed by atoms with Crippen molar-refractivity contribution in [3.8, 4) is 0 Å². The molecule has 1 heteroatoms. The van der Waals surface area contributed by atoms with E-state index in [1.807, 2.05) is 0 Å². The second-order valence-electron chi connectivity index (χ2n) is 5.04. The highest BCUT2D eigenvalue weighted by Crippen LogP contribution is 2.32. The van der Waals surface area contributed by atoms with Crippen molar-refractivity contribution in [3.05, 3.63) is 35.9 Å². The lowest BCUT2D eigenvalue weighted by Crippen LogP contribution is -2.28. The monoisotopic (exact) mass is 203 g/mol. The summed E-state index contributed by atoms with van der Waals surface area (Å²) in [4.78, 5) is 2.59. The minimum atomic E-state index is 0.682. The van der Waals surface area contributed by atoms with Crippen molar-refractivity contribution in [3.63, 3.8) is 0 Å². The Morgan fingerprint density at radius 2 is 1.80 bits per heavy atom. The molecule has 2 unspecified atom stereocenters. The van der Waals surface area contributed by atoms with E-state index in [0.29, 0.717) is 6.04 Å². The highest BCUT2D eigenvalue weighted by molar-refractivity contribution is 5.22. The zero-order valence-electron chi connectivity index (χ0n) is 9.98. The summed E-state index contributed by atoms with van der Waals surface area (Å²) in [6.07, 6.45) is 0. The minimum Gasteiger partial charge on any atom is -0.300 e. The Kier molecular flexibility index (Phi) is 3.11. The quantitative estimate of drug-likeness (QED) is 0.714. The Morgan fingerprint density at radius 1 is 1.13 bits per heavy atom. The summed E-state index contributed by atoms with van der Waals surface area (Å²) in [5, 5.41) is 0. The van der Waals surface area contributed by atoms with Crippen LogP contribution in [-0.2, 0) is 0 Å². The molecule has 1 heterocycles. The largest absolute Gasteiger partial charge is 0.300 e. The van der Waals surface area contributed by atoms with Gasteiger partial charge in [0.1, 0.15) is 0 Å². The van der Waals surface area contributed by atoms with Gasteiger partial charge in [0, 0.05) is 25.0 Å². The van der Waals surface area contributed by atoms with Crippen LogP contribution in [0.25, 0.3) is 0 Å². The molecular weight excluding hydrogens is 182 g/mol. The van der Waals surface area contributed by atoms with Gasteiger partial charge < -0.3 is 4.90 Å². The van der Waals surface area contributed by atoms with Crippen LogP contribution in [0.3, 0.4) is 0 Å². The van der Waals surface area contributed by atoms with Crippen LogP contribution < -0.4 is 0 Å². The number of likely N-dealkylation sites (tertiary alicyclic amines) is 1. The summed E-state index contributed by atoms with van der Waals surface area (Å²) in [5.41, 5.74) is 1.51. The summed E-state index contributed by atoms with van der Waals surface area (Å²) >= 11 is 0. The Bertz CT molecular complexity index is 304. The average molecular weight is 203 g/mol. The fourth-order valence-corrected chi connectivity index (χ4v) is 2.56. The van der Waals surface area contributed by atoms with Crippen LogP contribution in [0.4, 0.5) is 0 Å². The van der Waals surface area contributed by atoms with Crippen molar-refractivity contribution >= 4 is 0 Å². The fourth-order valence-electron chi connectivity index (χ4n) is 2.56. The lowest BCUT2D eigenvalue weighted by Gasteiger charge is -2.20. The topological polar surface area (TPSA) is 3.24 Å². The molecule has 2 atom stereocenters. The molecule has 0 aromatic heterocycles. The zero-order valence-corrected chi connectivity index (χ0v) is 9.98. The second-order valence-corrected chi connectivity index (χ2v) is 5.04. The molecule has 0 bridgehead atoms. The van der Waals surface area contributed by atoms with E-state index in [-0.39, 0.29) is 0 Å². The molecule has 1 aliphatic rings. The molecule has 0 saturated carbocycles. The third kappa shape index (κ3) is 2.23. The predicted octanol–water partition coefficient (Wildman–Crippen LogP) is 3.13. The van der Waals surface area contributed by atoms with Gasteiger partial charge in [0.15, 0.2) is 0 Å². The Balaban J connectivity index is 2.12. The molecule has 0 spiro atoms. The van der Waals surface area contributed by atoms with E-state index in [1.54, 1.807) is 0 Å². The normalized spacial score (nSPS) is 27.5. The second kappa shape index (κ2) is 4.36. The molecule has 15 heavy (non-hydrogen) atoms. The number of rotatable bonds is 2. The van der Waals surface area contributed by atoms with Gasteiger partial charge in [0.25, 0.3) is 0 Å². The molecule has 1 aromatic rings. The molecule has 1 nitrogen and oxygen atoms in total. The molecule has 1 saturated heterocycles. The van der Waals surface area contributed by atoms with Crippen LogP contribution in [0.1, 0.15) is 32.3 Å². The van der Waals surface area contributed by atoms with Crippen LogP contribution >= 0.6 is 0 Å². The summed E-state index contributed by atoms with van der Waals surface area (Å²) < 4.78 is 0. The average Bonchev–Trinajstić information content (AvgIpc) is 2.62. The van der Waals surface area contributed by atoms with Crippen molar-refractivity contribution in [2.45, 2.75) is 32.7 Å². The molecule has 82 valence electrons. The van der Waals surface area contributed by atoms with Crippen molar-refractivity contribution in [1.29, 1.82) is 0 Å². The fraction of sp³-hybridized carbons (Fsp3) is 0.571. The Labute approximate surface area is 93.1 Å². The maximum absolute atomic E-state index is 2.59. The molecule has 1 aliphatic heterocycles. The highest BCUT2D eigenvalue weighted by atomic mass is 15.2. The lowest BCUT2D eigenvalue weighted by atomic mass is 9.90. The Hall–Kier alpha value is -0.820. The minimum absolute atomic E-state index is 0.682. The van der Waals surface area contributed by atoms with E-state index in [9.17, 15) is 0 Å². The van der Waals surface area contributed by atoms with Gasteiger partial charge >= 0.3 is 0 Å². The van der Waals surface area contributed by atoms with E-state index in [2.05, 4.69) is 56.0 Å². The molecule has 0 radical (unpaired) electrons. The molecule has 0 amide bonds. The van der Waals surface area contributed by atoms with Crippen molar-refractivity contribution < 1.29 is 0 Å². The Morgan fingerprint density at radius 3 is 2.33 bits per heavy atom. The molecule has 1 aromatic carbocycles. The first-order chi connectivity index (χ1) is 7.18. The van der Waals surface area contributed by atoms with Crippen LogP contribution in [0, 0.1) is 5.92 Å². The maximum atomic E-state index is 2.59. The summed E-state index contributed by atoms with van der Waals surface area (Å²) in [6, 6.07) is 11.6. The molecular formula is C14H21N. The first-order valence-corrected chi connectivity index (χ1v) is 5.97. The highest BCUT2D eigenvalue weighted by Gasteiger charge is 2.31. The maximum Gasteiger partial charge on any atom is 0.00561 e. The third-order valence-corrected chi connectivity index (χ3v) is 3.60. The van der Waals surface area contributed by atoms with Gasteiger partial charge in [0.05, 0.1) is 0 Å². The summed E-state index contributed by atoms with van der Waals surface area (Å²) in [5.74, 6) is 1.52. The van der Waals surface area contributed by atoms with Gasteiger partial charge in [-0.1, -0.05) is 37.3 Å². The summed E-state index contributed by atoms with van der Waals surface area (Å²) in [7, 11) is 0.